The van der Waals surface area contributed by atoms with Crippen LogP contribution in [0.5, 0.6) is 5.75 Å². The first-order valence-electron chi connectivity index (χ1n) is 12.3. The van der Waals surface area contributed by atoms with Crippen LogP contribution in [0.15, 0.2) is 79.1 Å². The van der Waals surface area contributed by atoms with Crippen molar-refractivity contribution in [3.05, 3.63) is 102 Å². The molecule has 0 saturated heterocycles. The summed E-state index contributed by atoms with van der Waals surface area (Å²) in [5.41, 5.74) is 3.32. The summed E-state index contributed by atoms with van der Waals surface area (Å²) in [6, 6.07) is 20.3. The fourth-order valence-electron chi connectivity index (χ4n) is 4.43. The molecule has 4 rings (SSSR count). The molecule has 1 unspecified atom stereocenters. The maximum absolute atomic E-state index is 14.2. The summed E-state index contributed by atoms with van der Waals surface area (Å²) in [4.78, 5) is 19.9. The van der Waals surface area contributed by atoms with E-state index >= 15 is 0 Å². The molecule has 0 aliphatic carbocycles. The van der Waals surface area contributed by atoms with Crippen LogP contribution in [-0.4, -0.2) is 33.3 Å². The van der Waals surface area contributed by atoms with Gasteiger partial charge in [0.15, 0.2) is 11.4 Å². The van der Waals surface area contributed by atoms with Gasteiger partial charge in [-0.05, 0) is 48.2 Å². The lowest BCUT2D eigenvalue weighted by molar-refractivity contribution is -0.131. The summed E-state index contributed by atoms with van der Waals surface area (Å²) in [5, 5.41) is 0. The summed E-state index contributed by atoms with van der Waals surface area (Å²) < 4.78 is 22.2. The lowest BCUT2D eigenvalue weighted by atomic mass is 9.92. The average molecular weight is 474 g/mol. The first-order valence-corrected chi connectivity index (χ1v) is 12.3. The van der Waals surface area contributed by atoms with E-state index in [4.69, 9.17) is 4.74 Å². The summed E-state index contributed by atoms with van der Waals surface area (Å²) in [7, 11) is 0. The largest absolute Gasteiger partial charge is 0.485 e. The molecule has 0 saturated carbocycles. The zero-order valence-corrected chi connectivity index (χ0v) is 20.4. The highest BCUT2D eigenvalue weighted by Crippen LogP contribution is 2.32. The third-order valence-electron chi connectivity index (χ3n) is 6.09. The summed E-state index contributed by atoms with van der Waals surface area (Å²) in [5.74, 6) is 0.0633. The molecular weight excluding hydrogens is 441 g/mol. The fourth-order valence-corrected chi connectivity index (χ4v) is 4.43. The molecule has 1 amide bonds. The van der Waals surface area contributed by atoms with Gasteiger partial charge in [0.2, 0.25) is 5.91 Å². The van der Waals surface area contributed by atoms with Crippen LogP contribution in [0.4, 0.5) is 4.39 Å². The minimum absolute atomic E-state index is 0.0643. The molecule has 6 heteroatoms. The number of pyridine rings is 1. The molecule has 0 aliphatic rings. The van der Waals surface area contributed by atoms with Crippen LogP contribution >= 0.6 is 0 Å². The van der Waals surface area contributed by atoms with Crippen molar-refractivity contribution >= 4 is 11.6 Å². The number of carbonyl (C=O) groups excluding carboxylic acids is 1. The number of hydrogen-bond donors (Lipinski definition) is 0. The van der Waals surface area contributed by atoms with E-state index in [1.807, 2.05) is 64.0 Å². The van der Waals surface area contributed by atoms with E-state index in [9.17, 15) is 9.18 Å². The highest BCUT2D eigenvalue weighted by molar-refractivity contribution is 5.78. The Morgan fingerprint density at radius 3 is 2.51 bits per heavy atom. The number of ether oxygens (including phenoxy) is 1. The molecular formula is C29H32FN3O2. The molecule has 4 aromatic rings. The molecule has 182 valence electrons. The number of benzene rings is 2. The Bertz CT molecular complexity index is 1250. The predicted octanol–water partition coefficient (Wildman–Crippen LogP) is 6.22. The molecule has 0 bridgehead atoms. The van der Waals surface area contributed by atoms with E-state index in [0.717, 1.165) is 29.7 Å². The highest BCUT2D eigenvalue weighted by Gasteiger charge is 2.25. The van der Waals surface area contributed by atoms with Gasteiger partial charge in [-0.3, -0.25) is 4.79 Å². The Labute approximate surface area is 206 Å². The number of carbonyl (C=O) groups is 1. The molecule has 0 fully saturated rings. The SMILES string of the molecule is CCCN(CCC)C(=O)CC(c1cccc(F)c1)c1cnc2c(OCc3ccccc3)cccn12. The van der Waals surface area contributed by atoms with Crippen molar-refractivity contribution in [2.24, 2.45) is 0 Å². The van der Waals surface area contributed by atoms with Gasteiger partial charge in [-0.25, -0.2) is 9.37 Å². The number of rotatable bonds is 11. The zero-order valence-electron chi connectivity index (χ0n) is 20.4. The highest BCUT2D eigenvalue weighted by atomic mass is 19.1. The van der Waals surface area contributed by atoms with Gasteiger partial charge in [-0.2, -0.15) is 0 Å². The summed E-state index contributed by atoms with van der Waals surface area (Å²) in [6.07, 6.45) is 5.73. The van der Waals surface area contributed by atoms with Crippen molar-refractivity contribution in [3.63, 3.8) is 0 Å². The molecule has 0 radical (unpaired) electrons. The maximum Gasteiger partial charge on any atom is 0.223 e. The Kier molecular flexibility index (Phi) is 8.14. The van der Waals surface area contributed by atoms with E-state index in [1.54, 1.807) is 12.3 Å². The Balaban J connectivity index is 1.68. The van der Waals surface area contributed by atoms with E-state index < -0.39 is 0 Å². The molecule has 2 heterocycles. The number of aromatic nitrogens is 2. The van der Waals surface area contributed by atoms with Gasteiger partial charge >= 0.3 is 0 Å². The van der Waals surface area contributed by atoms with E-state index in [0.29, 0.717) is 31.1 Å². The fraction of sp³-hybridized carbons (Fsp3) is 0.310. The molecule has 1 atom stereocenters. The van der Waals surface area contributed by atoms with Crippen LogP contribution in [0.25, 0.3) is 5.65 Å². The smallest absolute Gasteiger partial charge is 0.223 e. The topological polar surface area (TPSA) is 46.8 Å². The monoisotopic (exact) mass is 473 g/mol. The number of hydrogen-bond acceptors (Lipinski definition) is 3. The van der Waals surface area contributed by atoms with Crippen LogP contribution in [0.1, 0.15) is 55.8 Å². The van der Waals surface area contributed by atoms with Gasteiger partial charge in [0.05, 0.1) is 5.69 Å². The average Bonchev–Trinajstić information content (AvgIpc) is 3.31. The van der Waals surface area contributed by atoms with Crippen LogP contribution in [0, 0.1) is 5.82 Å². The molecule has 0 aliphatic heterocycles. The lowest BCUT2D eigenvalue weighted by Gasteiger charge is -2.25. The minimum Gasteiger partial charge on any atom is -0.485 e. The van der Waals surface area contributed by atoms with Gasteiger partial charge < -0.3 is 14.0 Å². The van der Waals surface area contributed by atoms with Gasteiger partial charge in [-0.1, -0.05) is 56.3 Å². The van der Waals surface area contributed by atoms with Crippen LogP contribution in [-0.2, 0) is 11.4 Å². The van der Waals surface area contributed by atoms with Crippen LogP contribution in [0.2, 0.25) is 0 Å². The Hall–Kier alpha value is -3.67. The lowest BCUT2D eigenvalue weighted by Crippen LogP contribution is -2.33. The number of fused-ring (bicyclic) bond motifs is 1. The van der Waals surface area contributed by atoms with Gasteiger partial charge in [0.25, 0.3) is 0 Å². The molecule has 0 N–H and O–H groups in total. The van der Waals surface area contributed by atoms with Crippen LogP contribution in [0.3, 0.4) is 0 Å². The summed E-state index contributed by atoms with van der Waals surface area (Å²) in [6.45, 7) is 6.00. The van der Waals surface area contributed by atoms with Crippen molar-refractivity contribution in [1.29, 1.82) is 0 Å². The summed E-state index contributed by atoms with van der Waals surface area (Å²) >= 11 is 0. The first-order chi connectivity index (χ1) is 17.1. The van der Waals surface area contributed by atoms with Crippen molar-refractivity contribution in [2.75, 3.05) is 13.1 Å². The van der Waals surface area contributed by atoms with Crippen LogP contribution < -0.4 is 4.74 Å². The minimum atomic E-state index is -0.339. The zero-order chi connectivity index (χ0) is 24.6. The van der Waals surface area contributed by atoms with Crippen molar-refractivity contribution in [1.82, 2.24) is 14.3 Å². The molecule has 2 aromatic carbocycles. The van der Waals surface area contributed by atoms with Gasteiger partial charge in [0.1, 0.15) is 12.4 Å². The predicted molar refractivity (Wildman–Crippen MR) is 136 cm³/mol. The Morgan fingerprint density at radius 1 is 1.03 bits per heavy atom. The molecule has 35 heavy (non-hydrogen) atoms. The number of nitrogens with zero attached hydrogens (tertiary/aromatic N) is 3. The van der Waals surface area contributed by atoms with Gasteiger partial charge in [-0.15, -0.1) is 0 Å². The second-order valence-corrected chi connectivity index (χ2v) is 8.72. The van der Waals surface area contributed by atoms with Crippen molar-refractivity contribution in [2.45, 2.75) is 45.6 Å². The maximum atomic E-state index is 14.2. The number of halogens is 1. The quantitative estimate of drug-likeness (QED) is 0.260. The third-order valence-corrected chi connectivity index (χ3v) is 6.09. The number of amides is 1. The van der Waals surface area contributed by atoms with Crippen molar-refractivity contribution < 1.29 is 13.9 Å². The van der Waals surface area contributed by atoms with Gasteiger partial charge in [0, 0.05) is 37.8 Å². The normalized spacial score (nSPS) is 12.0. The third kappa shape index (κ3) is 5.88. The van der Waals surface area contributed by atoms with Crippen molar-refractivity contribution in [3.8, 4) is 5.75 Å². The second kappa shape index (κ2) is 11.6. The Morgan fingerprint density at radius 2 is 1.80 bits per heavy atom. The molecule has 5 nitrogen and oxygen atoms in total. The van der Waals surface area contributed by atoms with E-state index in [-0.39, 0.29) is 24.1 Å². The first kappa shape index (κ1) is 24.5. The van der Waals surface area contributed by atoms with E-state index in [2.05, 4.69) is 18.8 Å². The van der Waals surface area contributed by atoms with E-state index in [1.165, 1.54) is 12.1 Å². The standard InChI is InChI=1S/C29H32FN3O2/c1-3-15-32(16-4-2)28(34)19-25(23-12-8-13-24(30)18-23)26-20-31-29-27(14-9-17-33(26)29)35-21-22-10-6-5-7-11-22/h5-14,17-18,20,25H,3-4,15-16,19,21H2,1-2H3. The number of imidazole rings is 1. The molecule has 0 spiro atoms. The second-order valence-electron chi connectivity index (χ2n) is 8.72. The molecule has 2 aromatic heterocycles.